The molecule has 24 heavy (non-hydrogen) atoms. The molecule has 0 saturated heterocycles. The summed E-state index contributed by atoms with van der Waals surface area (Å²) in [5, 5.41) is 0. The van der Waals surface area contributed by atoms with E-state index in [1.54, 1.807) is 12.1 Å². The fourth-order valence-corrected chi connectivity index (χ4v) is 4.71. The van der Waals surface area contributed by atoms with E-state index in [0.29, 0.717) is 24.7 Å². The lowest BCUT2D eigenvalue weighted by atomic mass is 10.2. The molecule has 0 fully saturated rings. The molecule has 0 unspecified atom stereocenters. The normalized spacial score (nSPS) is 14.6. The smallest absolute Gasteiger partial charge is 0.269 e. The Morgan fingerprint density at radius 3 is 2.58 bits per heavy atom. The first-order valence-electron chi connectivity index (χ1n) is 7.42. The molecule has 0 aromatic heterocycles. The van der Waals surface area contributed by atoms with Crippen molar-refractivity contribution in [2.24, 2.45) is 4.99 Å². The van der Waals surface area contributed by atoms with E-state index in [0.717, 1.165) is 15.6 Å². The maximum absolute atomic E-state index is 13.2. The highest BCUT2D eigenvalue weighted by Gasteiger charge is 2.33. The SMILES string of the molecule is COc1cc(C)c(Br)cc1S(=O)(=O)N1CCN=C1c1ccccc1. The second kappa shape index (κ2) is 6.57. The van der Waals surface area contributed by atoms with Crippen LogP contribution in [0.1, 0.15) is 11.1 Å². The molecule has 0 atom stereocenters. The van der Waals surface area contributed by atoms with E-state index in [4.69, 9.17) is 4.74 Å². The first-order chi connectivity index (χ1) is 11.4. The minimum atomic E-state index is -3.77. The second-order valence-electron chi connectivity index (χ2n) is 5.40. The Morgan fingerprint density at radius 2 is 1.92 bits per heavy atom. The lowest BCUT2D eigenvalue weighted by Crippen LogP contribution is -2.35. The number of rotatable bonds is 4. The minimum Gasteiger partial charge on any atom is -0.495 e. The third kappa shape index (κ3) is 2.93. The summed E-state index contributed by atoms with van der Waals surface area (Å²) < 4.78 is 33.8. The van der Waals surface area contributed by atoms with E-state index in [1.807, 2.05) is 37.3 Å². The zero-order valence-electron chi connectivity index (χ0n) is 13.4. The van der Waals surface area contributed by atoms with Crippen LogP contribution in [0.15, 0.2) is 56.8 Å². The topological polar surface area (TPSA) is 59.0 Å². The molecule has 1 aliphatic rings. The Morgan fingerprint density at radius 1 is 1.21 bits per heavy atom. The predicted octanol–water partition coefficient (Wildman–Crippen LogP) is 3.22. The molecule has 0 saturated carbocycles. The van der Waals surface area contributed by atoms with Crippen LogP contribution in [-0.2, 0) is 10.0 Å². The van der Waals surface area contributed by atoms with Crippen LogP contribution >= 0.6 is 15.9 Å². The number of amidine groups is 1. The number of benzene rings is 2. The van der Waals surface area contributed by atoms with Gasteiger partial charge in [-0.3, -0.25) is 4.99 Å². The first-order valence-corrected chi connectivity index (χ1v) is 9.65. The van der Waals surface area contributed by atoms with E-state index in [-0.39, 0.29) is 4.90 Å². The number of ether oxygens (including phenoxy) is 1. The van der Waals surface area contributed by atoms with Crippen LogP contribution < -0.4 is 4.74 Å². The molecule has 2 aromatic rings. The number of nitrogens with zero attached hydrogens (tertiary/aromatic N) is 2. The van der Waals surface area contributed by atoms with E-state index >= 15 is 0 Å². The largest absolute Gasteiger partial charge is 0.495 e. The maximum atomic E-state index is 13.2. The van der Waals surface area contributed by atoms with Gasteiger partial charge in [-0.2, -0.15) is 0 Å². The van der Waals surface area contributed by atoms with Crippen molar-refractivity contribution in [3.63, 3.8) is 0 Å². The molecule has 0 radical (unpaired) electrons. The van der Waals surface area contributed by atoms with Gasteiger partial charge in [-0.15, -0.1) is 0 Å². The van der Waals surface area contributed by atoms with Gasteiger partial charge >= 0.3 is 0 Å². The molecule has 0 amide bonds. The van der Waals surface area contributed by atoms with E-state index < -0.39 is 10.0 Å². The summed E-state index contributed by atoms with van der Waals surface area (Å²) in [4.78, 5) is 4.52. The standard InChI is InChI=1S/C17H17BrN2O3S/c1-12-10-15(23-2)16(11-14(12)18)24(21,22)20-9-8-19-17(20)13-6-4-3-5-7-13/h3-7,10-11H,8-9H2,1-2H3. The zero-order chi connectivity index (χ0) is 17.3. The Kier molecular flexibility index (Phi) is 4.64. The molecule has 1 heterocycles. The van der Waals surface area contributed by atoms with Crippen molar-refractivity contribution in [1.82, 2.24) is 4.31 Å². The highest BCUT2D eigenvalue weighted by atomic mass is 79.9. The monoisotopic (exact) mass is 408 g/mol. The van der Waals surface area contributed by atoms with Gasteiger partial charge in [0, 0.05) is 10.0 Å². The van der Waals surface area contributed by atoms with Gasteiger partial charge in [0.2, 0.25) is 0 Å². The average molecular weight is 409 g/mol. The van der Waals surface area contributed by atoms with Crippen LogP contribution in [0.3, 0.4) is 0 Å². The fraction of sp³-hybridized carbons (Fsp3) is 0.235. The predicted molar refractivity (Wildman–Crippen MR) is 97.2 cm³/mol. The second-order valence-corrected chi connectivity index (χ2v) is 8.09. The van der Waals surface area contributed by atoms with Gasteiger partial charge in [-0.05, 0) is 24.6 Å². The quantitative estimate of drug-likeness (QED) is 0.779. The van der Waals surface area contributed by atoms with Crippen molar-refractivity contribution in [2.45, 2.75) is 11.8 Å². The molecular weight excluding hydrogens is 392 g/mol. The van der Waals surface area contributed by atoms with Crippen molar-refractivity contribution in [2.75, 3.05) is 20.2 Å². The molecule has 0 aliphatic carbocycles. The summed E-state index contributed by atoms with van der Waals surface area (Å²) in [7, 11) is -2.30. The lowest BCUT2D eigenvalue weighted by Gasteiger charge is -2.22. The summed E-state index contributed by atoms with van der Waals surface area (Å²) in [6, 6.07) is 12.6. The van der Waals surface area contributed by atoms with Crippen molar-refractivity contribution in [3.8, 4) is 5.75 Å². The number of aryl methyl sites for hydroxylation is 1. The van der Waals surface area contributed by atoms with Crippen molar-refractivity contribution in [3.05, 3.63) is 58.1 Å². The lowest BCUT2D eigenvalue weighted by molar-refractivity contribution is 0.400. The minimum absolute atomic E-state index is 0.132. The molecule has 3 rings (SSSR count). The molecule has 0 spiro atoms. The number of aliphatic imine (C=N–C) groups is 1. The van der Waals surface area contributed by atoms with Crippen LogP contribution in [0.25, 0.3) is 0 Å². The van der Waals surface area contributed by atoms with Gasteiger partial charge in [-0.1, -0.05) is 46.3 Å². The molecular formula is C17H17BrN2O3S. The van der Waals surface area contributed by atoms with Gasteiger partial charge in [0.05, 0.1) is 20.2 Å². The number of hydrogen-bond acceptors (Lipinski definition) is 4. The van der Waals surface area contributed by atoms with Gasteiger partial charge in [0.15, 0.2) is 0 Å². The maximum Gasteiger partial charge on any atom is 0.269 e. The average Bonchev–Trinajstić information content (AvgIpc) is 3.08. The third-order valence-electron chi connectivity index (χ3n) is 3.85. The summed E-state index contributed by atoms with van der Waals surface area (Å²) in [6.45, 7) is 2.65. The molecule has 2 aromatic carbocycles. The van der Waals surface area contributed by atoms with Crippen LogP contribution in [0.4, 0.5) is 0 Å². The molecule has 7 heteroatoms. The molecule has 0 N–H and O–H groups in total. The summed E-state index contributed by atoms with van der Waals surface area (Å²) >= 11 is 3.40. The molecule has 0 bridgehead atoms. The van der Waals surface area contributed by atoms with Crippen molar-refractivity contribution < 1.29 is 13.2 Å². The van der Waals surface area contributed by atoms with Crippen molar-refractivity contribution >= 4 is 31.8 Å². The first kappa shape index (κ1) is 17.0. The van der Waals surface area contributed by atoms with Gasteiger partial charge in [-0.25, -0.2) is 12.7 Å². The number of sulfonamides is 1. The number of methoxy groups -OCH3 is 1. The van der Waals surface area contributed by atoms with Gasteiger partial charge in [0.25, 0.3) is 10.0 Å². The Balaban J connectivity index is 2.09. The summed E-state index contributed by atoms with van der Waals surface area (Å²) in [6.07, 6.45) is 0. The summed E-state index contributed by atoms with van der Waals surface area (Å²) in [5.41, 5.74) is 1.69. The fourth-order valence-electron chi connectivity index (χ4n) is 2.60. The van der Waals surface area contributed by atoms with E-state index in [9.17, 15) is 8.42 Å². The Bertz CT molecular complexity index is 896. The van der Waals surface area contributed by atoms with Gasteiger partial charge < -0.3 is 4.74 Å². The molecule has 5 nitrogen and oxygen atoms in total. The van der Waals surface area contributed by atoms with Crippen LogP contribution in [-0.4, -0.2) is 38.8 Å². The summed E-state index contributed by atoms with van der Waals surface area (Å²) in [5.74, 6) is 0.796. The zero-order valence-corrected chi connectivity index (χ0v) is 15.8. The highest BCUT2D eigenvalue weighted by Crippen LogP contribution is 2.33. The molecule has 126 valence electrons. The number of halogens is 1. The number of hydrogen-bond donors (Lipinski definition) is 0. The Hall–Kier alpha value is -1.86. The Labute approximate surface area is 150 Å². The van der Waals surface area contributed by atoms with Crippen molar-refractivity contribution in [1.29, 1.82) is 0 Å². The third-order valence-corrected chi connectivity index (χ3v) is 6.51. The van der Waals surface area contributed by atoms with Gasteiger partial charge in [0.1, 0.15) is 16.5 Å². The van der Waals surface area contributed by atoms with E-state index in [2.05, 4.69) is 20.9 Å². The van der Waals surface area contributed by atoms with Crippen LogP contribution in [0, 0.1) is 6.92 Å². The van der Waals surface area contributed by atoms with Crippen LogP contribution in [0.2, 0.25) is 0 Å². The highest BCUT2D eigenvalue weighted by molar-refractivity contribution is 9.10. The van der Waals surface area contributed by atoms with Crippen LogP contribution in [0.5, 0.6) is 5.75 Å². The molecule has 1 aliphatic heterocycles. The van der Waals surface area contributed by atoms with E-state index in [1.165, 1.54) is 11.4 Å².